The van der Waals surface area contributed by atoms with Crippen LogP contribution in [0.1, 0.15) is 33.1 Å². The SMILES string of the molecule is Cc1ccc(S[C@@H](C(=O)c2ccccc2)[C@H](NS(=O)(=O)c2ccc(C)cc2)c2ccccc2)cc1. The first-order valence-corrected chi connectivity index (χ1v) is 13.7. The molecule has 4 aromatic rings. The van der Waals surface area contributed by atoms with E-state index in [2.05, 4.69) is 4.72 Å². The molecule has 0 bridgehead atoms. The van der Waals surface area contributed by atoms with Gasteiger partial charge in [0.1, 0.15) is 0 Å². The maximum atomic E-state index is 13.8. The molecule has 0 radical (unpaired) electrons. The average Bonchev–Trinajstić information content (AvgIpc) is 2.88. The topological polar surface area (TPSA) is 63.2 Å². The molecule has 0 aliphatic carbocycles. The molecule has 0 unspecified atom stereocenters. The van der Waals surface area contributed by atoms with Crippen LogP contribution in [0.25, 0.3) is 0 Å². The molecule has 0 fully saturated rings. The molecule has 0 aliphatic heterocycles. The lowest BCUT2D eigenvalue weighted by molar-refractivity contribution is 0.0979. The highest BCUT2D eigenvalue weighted by Gasteiger charge is 2.34. The molecule has 1 N–H and O–H groups in total. The summed E-state index contributed by atoms with van der Waals surface area (Å²) >= 11 is 1.37. The average molecular weight is 502 g/mol. The molecule has 4 rings (SSSR count). The number of hydrogen-bond acceptors (Lipinski definition) is 4. The van der Waals surface area contributed by atoms with Crippen LogP contribution >= 0.6 is 11.8 Å². The van der Waals surface area contributed by atoms with Crippen LogP contribution in [0, 0.1) is 13.8 Å². The minimum Gasteiger partial charge on any atom is -0.293 e. The third-order valence-electron chi connectivity index (χ3n) is 5.68. The number of sulfonamides is 1. The van der Waals surface area contributed by atoms with Gasteiger partial charge < -0.3 is 0 Å². The second kappa shape index (κ2) is 11.0. The predicted octanol–water partition coefficient (Wildman–Crippen LogP) is 6.37. The van der Waals surface area contributed by atoms with Crippen LogP contribution in [-0.4, -0.2) is 19.5 Å². The number of hydrogen-bond donors (Lipinski definition) is 1. The first kappa shape index (κ1) is 24.9. The van der Waals surface area contributed by atoms with Gasteiger partial charge in [-0.15, -0.1) is 11.8 Å². The Balaban J connectivity index is 1.79. The second-order valence-corrected chi connectivity index (χ2v) is 11.3. The van der Waals surface area contributed by atoms with E-state index in [-0.39, 0.29) is 10.7 Å². The normalized spacial score (nSPS) is 13.2. The molecular formula is C29H27NO3S2. The van der Waals surface area contributed by atoms with Crippen molar-refractivity contribution in [2.45, 2.75) is 34.9 Å². The number of carbonyl (C=O) groups excluding carboxylic acids is 1. The number of thioether (sulfide) groups is 1. The molecule has 6 heteroatoms. The number of benzene rings is 4. The minimum atomic E-state index is -3.90. The zero-order chi connectivity index (χ0) is 24.8. The maximum absolute atomic E-state index is 13.8. The summed E-state index contributed by atoms with van der Waals surface area (Å²) in [6, 6.07) is 32.1. The van der Waals surface area contributed by atoms with Gasteiger partial charge in [0.25, 0.3) is 0 Å². The minimum absolute atomic E-state index is 0.142. The van der Waals surface area contributed by atoms with E-state index in [1.165, 1.54) is 11.8 Å². The van der Waals surface area contributed by atoms with E-state index >= 15 is 0 Å². The Labute approximate surface area is 211 Å². The number of carbonyl (C=O) groups is 1. The maximum Gasteiger partial charge on any atom is 0.241 e. The van der Waals surface area contributed by atoms with Crippen molar-refractivity contribution in [1.29, 1.82) is 0 Å². The van der Waals surface area contributed by atoms with Gasteiger partial charge in [-0.05, 0) is 43.7 Å². The van der Waals surface area contributed by atoms with E-state index in [1.807, 2.05) is 86.6 Å². The lowest BCUT2D eigenvalue weighted by atomic mass is 9.98. The van der Waals surface area contributed by atoms with Crippen LogP contribution < -0.4 is 4.72 Å². The van der Waals surface area contributed by atoms with Crippen molar-refractivity contribution in [3.05, 3.63) is 131 Å². The summed E-state index contributed by atoms with van der Waals surface area (Å²) in [4.78, 5) is 14.9. The number of rotatable bonds is 9. The number of nitrogens with one attached hydrogen (secondary N) is 1. The Hall–Kier alpha value is -3.19. The van der Waals surface area contributed by atoms with E-state index in [4.69, 9.17) is 0 Å². The molecule has 35 heavy (non-hydrogen) atoms. The van der Waals surface area contributed by atoms with E-state index < -0.39 is 21.3 Å². The summed E-state index contributed by atoms with van der Waals surface area (Å²) in [5, 5.41) is -0.734. The van der Waals surface area contributed by atoms with Crippen LogP contribution in [-0.2, 0) is 10.0 Å². The van der Waals surface area contributed by atoms with Gasteiger partial charge in [-0.3, -0.25) is 4.79 Å². The molecule has 0 saturated heterocycles. The van der Waals surface area contributed by atoms with Gasteiger partial charge in [0.05, 0.1) is 16.2 Å². The second-order valence-electron chi connectivity index (χ2n) is 8.40. The Morgan fingerprint density at radius 2 is 1.23 bits per heavy atom. The highest BCUT2D eigenvalue weighted by atomic mass is 32.2. The number of Topliss-reactive ketones (excluding diaryl/α,β-unsaturated/α-hetero) is 1. The largest absolute Gasteiger partial charge is 0.293 e. The van der Waals surface area contributed by atoms with Crippen LogP contribution in [0.3, 0.4) is 0 Å². The smallest absolute Gasteiger partial charge is 0.241 e. The van der Waals surface area contributed by atoms with Crippen molar-refractivity contribution in [2.24, 2.45) is 0 Å². The highest BCUT2D eigenvalue weighted by molar-refractivity contribution is 8.00. The predicted molar refractivity (Wildman–Crippen MR) is 142 cm³/mol. The zero-order valence-corrected chi connectivity index (χ0v) is 21.2. The third-order valence-corrected chi connectivity index (χ3v) is 8.42. The van der Waals surface area contributed by atoms with Gasteiger partial charge in [-0.2, -0.15) is 0 Å². The summed E-state index contributed by atoms with van der Waals surface area (Å²) in [6.45, 7) is 3.91. The molecule has 0 aromatic heterocycles. The van der Waals surface area contributed by atoms with Crippen LogP contribution in [0.15, 0.2) is 119 Å². The molecule has 0 spiro atoms. The quantitative estimate of drug-likeness (QED) is 0.214. The Morgan fingerprint density at radius 3 is 1.80 bits per heavy atom. The van der Waals surface area contributed by atoms with E-state index in [0.29, 0.717) is 5.56 Å². The molecule has 4 nitrogen and oxygen atoms in total. The van der Waals surface area contributed by atoms with Gasteiger partial charge >= 0.3 is 0 Å². The molecule has 0 aliphatic rings. The summed E-state index contributed by atoms with van der Waals surface area (Å²) in [7, 11) is -3.90. The first-order valence-electron chi connectivity index (χ1n) is 11.3. The van der Waals surface area contributed by atoms with Crippen molar-refractivity contribution in [3.63, 3.8) is 0 Å². The van der Waals surface area contributed by atoms with Gasteiger partial charge in [0.15, 0.2) is 5.78 Å². The molecule has 0 amide bonds. The monoisotopic (exact) mass is 501 g/mol. The standard InChI is InChI=1S/C29H27NO3S2/c1-21-13-17-25(18-14-21)34-29(28(31)24-11-7-4-8-12-24)27(23-9-5-3-6-10-23)30-35(32,33)26-19-15-22(2)16-20-26/h3-20,27,29-30H,1-2H3/t27-,29-/m1/s1. The Bertz CT molecular complexity index is 1370. The first-order chi connectivity index (χ1) is 16.8. The van der Waals surface area contributed by atoms with Crippen molar-refractivity contribution in [3.8, 4) is 0 Å². The number of ketones is 1. The van der Waals surface area contributed by atoms with Crippen molar-refractivity contribution in [2.75, 3.05) is 0 Å². The van der Waals surface area contributed by atoms with E-state index in [9.17, 15) is 13.2 Å². The van der Waals surface area contributed by atoms with Crippen LogP contribution in [0.4, 0.5) is 0 Å². The van der Waals surface area contributed by atoms with Gasteiger partial charge in [-0.1, -0.05) is 96.1 Å². The van der Waals surface area contributed by atoms with Crippen molar-refractivity contribution < 1.29 is 13.2 Å². The molecule has 178 valence electrons. The summed E-state index contributed by atoms with van der Waals surface area (Å²) < 4.78 is 29.8. The summed E-state index contributed by atoms with van der Waals surface area (Å²) in [6.07, 6.45) is 0. The summed E-state index contributed by atoms with van der Waals surface area (Å²) in [5.41, 5.74) is 3.33. The third kappa shape index (κ3) is 6.28. The van der Waals surface area contributed by atoms with Gasteiger partial charge in [0.2, 0.25) is 10.0 Å². The lowest BCUT2D eigenvalue weighted by Crippen LogP contribution is -2.38. The number of aryl methyl sites for hydroxylation is 2. The van der Waals surface area contributed by atoms with Crippen LogP contribution in [0.2, 0.25) is 0 Å². The highest BCUT2D eigenvalue weighted by Crippen LogP contribution is 2.36. The molecular weight excluding hydrogens is 474 g/mol. The van der Waals surface area contributed by atoms with E-state index in [1.54, 1.807) is 36.4 Å². The molecule has 0 saturated carbocycles. The van der Waals surface area contributed by atoms with Crippen molar-refractivity contribution in [1.82, 2.24) is 4.72 Å². The fraction of sp³-hybridized carbons (Fsp3) is 0.138. The van der Waals surface area contributed by atoms with Crippen LogP contribution in [0.5, 0.6) is 0 Å². The van der Waals surface area contributed by atoms with E-state index in [0.717, 1.165) is 21.6 Å². The van der Waals surface area contributed by atoms with Crippen molar-refractivity contribution >= 4 is 27.6 Å². The molecule has 2 atom stereocenters. The fourth-order valence-electron chi connectivity index (χ4n) is 3.72. The van der Waals surface area contributed by atoms with Gasteiger partial charge in [0, 0.05) is 10.5 Å². The van der Waals surface area contributed by atoms with Gasteiger partial charge in [-0.25, -0.2) is 13.1 Å². The summed E-state index contributed by atoms with van der Waals surface area (Å²) in [5.74, 6) is -0.142. The lowest BCUT2D eigenvalue weighted by Gasteiger charge is -2.27. The fourth-order valence-corrected chi connectivity index (χ4v) is 6.23. The Kier molecular flexibility index (Phi) is 7.86. The molecule has 4 aromatic carbocycles. The zero-order valence-electron chi connectivity index (χ0n) is 19.6. The molecule has 0 heterocycles. The Morgan fingerprint density at radius 1 is 0.714 bits per heavy atom.